The molecule has 0 aliphatic carbocycles. The second-order valence-electron chi connectivity index (χ2n) is 7.48. The molecule has 2 fully saturated rings. The second-order valence-corrected chi connectivity index (χ2v) is 7.48. The second kappa shape index (κ2) is 7.32. The molecule has 2 aromatic rings. The van der Waals surface area contributed by atoms with Crippen LogP contribution in [-0.4, -0.2) is 58.3 Å². The molecule has 0 unspecified atom stereocenters. The number of aromatic nitrogens is 2. The summed E-state index contributed by atoms with van der Waals surface area (Å²) < 4.78 is 7.28. The van der Waals surface area contributed by atoms with Crippen molar-refractivity contribution in [3.8, 4) is 11.4 Å². The fourth-order valence-corrected chi connectivity index (χ4v) is 4.49. The van der Waals surface area contributed by atoms with Crippen LogP contribution in [0.5, 0.6) is 5.75 Å². The van der Waals surface area contributed by atoms with Gasteiger partial charge >= 0.3 is 5.97 Å². The monoisotopic (exact) mass is 370 g/mol. The average Bonchev–Trinajstić information content (AvgIpc) is 3.15. The number of hydrogen-bond acceptors (Lipinski definition) is 5. The van der Waals surface area contributed by atoms with E-state index in [0.717, 1.165) is 49.6 Å². The number of imidazole rings is 1. The van der Waals surface area contributed by atoms with Gasteiger partial charge in [0.25, 0.3) is 0 Å². The normalized spacial score (nSPS) is 25.7. The standard InChI is InChI=1S/C20H26N4O3/c1-27-16-5-3-15(4-6-16)24-12-10-22-18(24)13-23-11-7-17-20(14-23,19(25)26)8-2-9-21-17/h3-6,10,12,17,21H,2,7-9,11,13-14H2,1H3,(H,25,26)/t17-,20+/m1/s1. The highest BCUT2D eigenvalue weighted by Crippen LogP contribution is 2.38. The fourth-order valence-electron chi connectivity index (χ4n) is 4.49. The first-order valence-corrected chi connectivity index (χ1v) is 9.48. The Morgan fingerprint density at radius 3 is 2.96 bits per heavy atom. The molecule has 2 N–H and O–H groups in total. The van der Waals surface area contributed by atoms with E-state index >= 15 is 0 Å². The van der Waals surface area contributed by atoms with Gasteiger partial charge in [-0.1, -0.05) is 0 Å². The molecule has 1 aromatic carbocycles. The lowest BCUT2D eigenvalue weighted by Crippen LogP contribution is -2.62. The van der Waals surface area contributed by atoms with Crippen LogP contribution in [0.15, 0.2) is 36.7 Å². The van der Waals surface area contributed by atoms with Gasteiger partial charge in [0.2, 0.25) is 0 Å². The number of likely N-dealkylation sites (tertiary alicyclic amines) is 1. The molecule has 144 valence electrons. The number of carboxylic acid groups (broad SMARTS) is 1. The van der Waals surface area contributed by atoms with Crippen molar-refractivity contribution in [3.05, 3.63) is 42.5 Å². The van der Waals surface area contributed by atoms with Crippen LogP contribution in [0.2, 0.25) is 0 Å². The van der Waals surface area contributed by atoms with E-state index in [1.54, 1.807) is 13.3 Å². The van der Waals surface area contributed by atoms with Crippen LogP contribution in [0, 0.1) is 5.41 Å². The molecule has 0 bridgehead atoms. The Morgan fingerprint density at radius 1 is 1.41 bits per heavy atom. The smallest absolute Gasteiger partial charge is 0.312 e. The Balaban J connectivity index is 1.53. The molecule has 2 atom stereocenters. The molecule has 1 aromatic heterocycles. The van der Waals surface area contributed by atoms with Crippen molar-refractivity contribution in [3.63, 3.8) is 0 Å². The van der Waals surface area contributed by atoms with E-state index in [-0.39, 0.29) is 6.04 Å². The zero-order valence-electron chi connectivity index (χ0n) is 15.6. The zero-order valence-corrected chi connectivity index (χ0v) is 15.6. The third-order valence-corrected chi connectivity index (χ3v) is 5.96. The maximum absolute atomic E-state index is 12.1. The quantitative estimate of drug-likeness (QED) is 0.837. The van der Waals surface area contributed by atoms with Crippen molar-refractivity contribution in [2.45, 2.75) is 31.8 Å². The average molecular weight is 370 g/mol. The number of aliphatic carboxylic acids is 1. The molecule has 3 heterocycles. The van der Waals surface area contributed by atoms with E-state index in [0.29, 0.717) is 13.1 Å². The number of benzene rings is 1. The van der Waals surface area contributed by atoms with E-state index in [2.05, 4.69) is 19.8 Å². The SMILES string of the molecule is COc1ccc(-n2ccnc2CN2CC[C@H]3NCCC[C@]3(C(=O)O)C2)cc1. The number of methoxy groups -OCH3 is 1. The molecule has 2 aliphatic heterocycles. The summed E-state index contributed by atoms with van der Waals surface area (Å²) in [7, 11) is 1.65. The largest absolute Gasteiger partial charge is 0.497 e. The third kappa shape index (κ3) is 3.33. The summed E-state index contributed by atoms with van der Waals surface area (Å²) in [6.45, 7) is 3.00. The van der Waals surface area contributed by atoms with Crippen molar-refractivity contribution in [1.29, 1.82) is 0 Å². The van der Waals surface area contributed by atoms with Gasteiger partial charge in [0, 0.05) is 37.2 Å². The highest BCUT2D eigenvalue weighted by atomic mass is 16.5. The molecule has 7 heteroatoms. The van der Waals surface area contributed by atoms with E-state index in [4.69, 9.17) is 4.74 Å². The molecular weight excluding hydrogens is 344 g/mol. The van der Waals surface area contributed by atoms with E-state index in [9.17, 15) is 9.90 Å². The van der Waals surface area contributed by atoms with Gasteiger partial charge < -0.3 is 19.7 Å². The minimum absolute atomic E-state index is 0.0707. The molecule has 0 spiro atoms. The summed E-state index contributed by atoms with van der Waals surface area (Å²) in [6, 6.07) is 7.93. The molecule has 2 aliphatic rings. The first-order valence-electron chi connectivity index (χ1n) is 9.48. The molecule has 0 radical (unpaired) electrons. The van der Waals surface area contributed by atoms with Crippen molar-refractivity contribution >= 4 is 5.97 Å². The Kier molecular flexibility index (Phi) is 4.88. The number of carboxylic acids is 1. The van der Waals surface area contributed by atoms with Gasteiger partial charge in [0.1, 0.15) is 11.6 Å². The highest BCUT2D eigenvalue weighted by molar-refractivity contribution is 5.76. The van der Waals surface area contributed by atoms with Gasteiger partial charge in [-0.25, -0.2) is 4.98 Å². The number of nitrogens with zero attached hydrogens (tertiary/aromatic N) is 3. The van der Waals surface area contributed by atoms with Gasteiger partial charge in [0.05, 0.1) is 19.1 Å². The minimum Gasteiger partial charge on any atom is -0.497 e. The number of rotatable bonds is 5. The lowest BCUT2D eigenvalue weighted by Gasteiger charge is -2.48. The number of ether oxygens (including phenoxy) is 1. The van der Waals surface area contributed by atoms with Crippen molar-refractivity contribution in [1.82, 2.24) is 19.8 Å². The Hall–Kier alpha value is -2.38. The van der Waals surface area contributed by atoms with Crippen LogP contribution < -0.4 is 10.1 Å². The van der Waals surface area contributed by atoms with Gasteiger partial charge in [0.15, 0.2) is 0 Å². The van der Waals surface area contributed by atoms with Crippen molar-refractivity contribution < 1.29 is 14.6 Å². The molecular formula is C20H26N4O3. The lowest BCUT2D eigenvalue weighted by molar-refractivity contribution is -0.157. The van der Waals surface area contributed by atoms with Gasteiger partial charge in [-0.15, -0.1) is 0 Å². The first kappa shape index (κ1) is 18.0. The van der Waals surface area contributed by atoms with Crippen LogP contribution in [0.4, 0.5) is 0 Å². The van der Waals surface area contributed by atoms with Gasteiger partial charge in [-0.3, -0.25) is 9.69 Å². The Morgan fingerprint density at radius 2 is 2.22 bits per heavy atom. The molecule has 0 saturated carbocycles. The summed E-state index contributed by atoms with van der Waals surface area (Å²) in [6.07, 6.45) is 6.25. The number of carbonyl (C=O) groups is 1. The van der Waals surface area contributed by atoms with E-state index < -0.39 is 11.4 Å². The number of piperidine rings is 2. The molecule has 4 rings (SSSR count). The summed E-state index contributed by atoms with van der Waals surface area (Å²) in [4.78, 5) is 18.9. The lowest BCUT2D eigenvalue weighted by atomic mass is 9.70. The summed E-state index contributed by atoms with van der Waals surface area (Å²) in [5, 5.41) is 13.4. The fraction of sp³-hybridized carbons (Fsp3) is 0.500. The summed E-state index contributed by atoms with van der Waals surface area (Å²) >= 11 is 0. The topological polar surface area (TPSA) is 79.6 Å². The van der Waals surface area contributed by atoms with E-state index in [1.165, 1.54) is 0 Å². The predicted octanol–water partition coefficient (Wildman–Crippen LogP) is 1.91. The maximum atomic E-state index is 12.1. The van der Waals surface area contributed by atoms with Crippen LogP contribution >= 0.6 is 0 Å². The summed E-state index contributed by atoms with van der Waals surface area (Å²) in [5.41, 5.74) is 0.332. The molecule has 27 heavy (non-hydrogen) atoms. The molecule has 0 amide bonds. The Labute approximate surface area is 159 Å². The van der Waals surface area contributed by atoms with E-state index in [1.807, 2.05) is 30.5 Å². The zero-order chi connectivity index (χ0) is 18.9. The van der Waals surface area contributed by atoms with Crippen molar-refractivity contribution in [2.75, 3.05) is 26.7 Å². The highest BCUT2D eigenvalue weighted by Gasteiger charge is 2.50. The third-order valence-electron chi connectivity index (χ3n) is 5.96. The van der Waals surface area contributed by atoms with Crippen LogP contribution in [0.1, 0.15) is 25.1 Å². The first-order chi connectivity index (χ1) is 13.1. The van der Waals surface area contributed by atoms with Crippen LogP contribution in [-0.2, 0) is 11.3 Å². The van der Waals surface area contributed by atoms with Crippen LogP contribution in [0.25, 0.3) is 5.69 Å². The summed E-state index contributed by atoms with van der Waals surface area (Å²) in [5.74, 6) is 1.06. The predicted molar refractivity (Wildman–Crippen MR) is 101 cm³/mol. The number of fused-ring (bicyclic) bond motifs is 1. The van der Waals surface area contributed by atoms with Gasteiger partial charge in [-0.05, 0) is 50.1 Å². The maximum Gasteiger partial charge on any atom is 0.312 e. The Bertz CT molecular complexity index is 804. The molecule has 2 saturated heterocycles. The number of nitrogens with one attached hydrogen (secondary N) is 1. The number of hydrogen-bond donors (Lipinski definition) is 2. The van der Waals surface area contributed by atoms with Crippen molar-refractivity contribution in [2.24, 2.45) is 5.41 Å². The molecule has 7 nitrogen and oxygen atoms in total. The van der Waals surface area contributed by atoms with Gasteiger partial charge in [-0.2, -0.15) is 0 Å². The van der Waals surface area contributed by atoms with Crippen LogP contribution in [0.3, 0.4) is 0 Å². The minimum atomic E-state index is -0.686.